The number of benzene rings is 3. The summed E-state index contributed by atoms with van der Waals surface area (Å²) < 4.78 is 5.52. The van der Waals surface area contributed by atoms with E-state index < -0.39 is 17.4 Å². The number of amides is 1. The standard InChI is InChI=1S/C34H38N6O3.H2/c35-22-9-23-40(39-37)32(36)30(19-16-26-14-17-29(18-15-26)28-12-5-2-6-13-28)38-33(42)34(20-7-8-21-34)24-31(41)43-25-27-10-3-1-4-11-27;/h1-6,10-15,17-18,30,36-37H,7-9,16,19-21,23-25H2,(H,38,42);1H/t30-;/m0./s1. The Morgan fingerprint density at radius 2 is 1.60 bits per heavy atom. The topological polar surface area (TPSA) is 142 Å². The summed E-state index contributed by atoms with van der Waals surface area (Å²) in [6, 6.07) is 28.9. The first-order chi connectivity index (χ1) is 20.9. The Hall–Kier alpha value is -4.84. The Morgan fingerprint density at radius 3 is 2.23 bits per heavy atom. The van der Waals surface area contributed by atoms with Crippen LogP contribution in [0, 0.1) is 27.7 Å². The first-order valence-corrected chi connectivity index (χ1v) is 14.7. The van der Waals surface area contributed by atoms with Crippen LogP contribution in [0.3, 0.4) is 0 Å². The molecule has 3 N–H and O–H groups in total. The average Bonchev–Trinajstić information content (AvgIpc) is 3.53. The van der Waals surface area contributed by atoms with E-state index in [0.29, 0.717) is 25.7 Å². The highest BCUT2D eigenvalue weighted by atomic mass is 16.5. The maximum absolute atomic E-state index is 13.9. The average molecular weight is 581 g/mol. The zero-order chi connectivity index (χ0) is 30.5. The molecule has 1 aliphatic rings. The number of aryl methyl sites for hydroxylation is 1. The summed E-state index contributed by atoms with van der Waals surface area (Å²) in [6.45, 7) is 0.223. The van der Waals surface area contributed by atoms with Crippen LogP contribution in [0.5, 0.6) is 0 Å². The van der Waals surface area contributed by atoms with E-state index >= 15 is 0 Å². The zero-order valence-electron chi connectivity index (χ0n) is 24.3. The molecule has 1 saturated carbocycles. The summed E-state index contributed by atoms with van der Waals surface area (Å²) in [7, 11) is 0. The fourth-order valence-electron chi connectivity index (χ4n) is 5.56. The Morgan fingerprint density at radius 1 is 0.977 bits per heavy atom. The molecule has 1 amide bonds. The molecule has 1 aliphatic carbocycles. The molecule has 9 nitrogen and oxygen atoms in total. The van der Waals surface area contributed by atoms with Gasteiger partial charge in [-0.25, -0.2) is 5.01 Å². The third-order valence-electron chi connectivity index (χ3n) is 8.02. The molecule has 0 heterocycles. The van der Waals surface area contributed by atoms with Gasteiger partial charge >= 0.3 is 5.97 Å². The maximum atomic E-state index is 13.9. The van der Waals surface area contributed by atoms with Crippen LogP contribution in [0.2, 0.25) is 0 Å². The van der Waals surface area contributed by atoms with Crippen LogP contribution in [0.15, 0.2) is 90.2 Å². The molecule has 4 rings (SSSR count). The van der Waals surface area contributed by atoms with E-state index in [1.807, 2.05) is 66.7 Å². The van der Waals surface area contributed by atoms with E-state index in [0.717, 1.165) is 40.1 Å². The van der Waals surface area contributed by atoms with Crippen LogP contribution in [0.1, 0.15) is 57.5 Å². The third-order valence-corrected chi connectivity index (χ3v) is 8.02. The number of hydrogen-bond acceptors (Lipinski definition) is 7. The summed E-state index contributed by atoms with van der Waals surface area (Å²) >= 11 is 0. The Labute approximate surface area is 254 Å². The second-order valence-corrected chi connectivity index (χ2v) is 11.0. The second kappa shape index (κ2) is 15.4. The third kappa shape index (κ3) is 8.58. The molecule has 1 fully saturated rings. The minimum absolute atomic E-state index is 0. The number of ether oxygens (including phenoxy) is 1. The highest BCUT2D eigenvalue weighted by molar-refractivity contribution is 5.93. The lowest BCUT2D eigenvalue weighted by Gasteiger charge is -2.31. The predicted molar refractivity (Wildman–Crippen MR) is 166 cm³/mol. The van der Waals surface area contributed by atoms with Gasteiger partial charge in [-0.2, -0.15) is 10.8 Å². The first kappa shape index (κ1) is 31.1. The molecule has 1 atom stereocenters. The monoisotopic (exact) mass is 580 g/mol. The van der Waals surface area contributed by atoms with E-state index in [4.69, 9.17) is 20.9 Å². The summed E-state index contributed by atoms with van der Waals surface area (Å²) in [5.41, 5.74) is 10.8. The van der Waals surface area contributed by atoms with Gasteiger partial charge in [0.15, 0.2) is 0 Å². The van der Waals surface area contributed by atoms with Crippen molar-refractivity contribution in [3.05, 3.63) is 96.1 Å². The van der Waals surface area contributed by atoms with Crippen LogP contribution in [-0.4, -0.2) is 35.3 Å². The molecule has 9 heteroatoms. The zero-order valence-corrected chi connectivity index (χ0v) is 24.3. The van der Waals surface area contributed by atoms with Gasteiger partial charge in [0.2, 0.25) is 5.91 Å². The quantitative estimate of drug-likeness (QED) is 0.0628. The maximum Gasteiger partial charge on any atom is 0.307 e. The lowest BCUT2D eigenvalue weighted by Crippen LogP contribution is -2.51. The van der Waals surface area contributed by atoms with Crippen LogP contribution in [0.25, 0.3) is 11.1 Å². The van der Waals surface area contributed by atoms with Crippen molar-refractivity contribution in [2.24, 2.45) is 10.6 Å². The smallest absolute Gasteiger partial charge is 0.307 e. The largest absolute Gasteiger partial charge is 0.461 e. The van der Waals surface area contributed by atoms with Crippen molar-refractivity contribution in [2.75, 3.05) is 6.54 Å². The minimum Gasteiger partial charge on any atom is -0.461 e. The van der Waals surface area contributed by atoms with Crippen LogP contribution < -0.4 is 5.32 Å². The van der Waals surface area contributed by atoms with Gasteiger partial charge in [-0.15, -0.1) is 0 Å². The van der Waals surface area contributed by atoms with E-state index in [2.05, 4.69) is 34.8 Å². The molecule has 0 saturated heterocycles. The van der Waals surface area contributed by atoms with Gasteiger partial charge < -0.3 is 10.1 Å². The summed E-state index contributed by atoms with van der Waals surface area (Å²) in [4.78, 5) is 26.8. The lowest BCUT2D eigenvalue weighted by atomic mass is 9.81. The highest BCUT2D eigenvalue weighted by Crippen LogP contribution is 2.42. The minimum atomic E-state index is -0.917. The number of esters is 1. The number of amidine groups is 1. The lowest BCUT2D eigenvalue weighted by molar-refractivity contribution is -0.151. The van der Waals surface area contributed by atoms with Gasteiger partial charge in [-0.1, -0.05) is 103 Å². The van der Waals surface area contributed by atoms with Crippen molar-refractivity contribution in [3.63, 3.8) is 0 Å². The van der Waals surface area contributed by atoms with Gasteiger partial charge in [-0.3, -0.25) is 15.0 Å². The molecule has 0 unspecified atom stereocenters. The molecule has 224 valence electrons. The van der Waals surface area contributed by atoms with E-state index in [9.17, 15) is 9.59 Å². The van der Waals surface area contributed by atoms with E-state index in [-0.39, 0.29) is 39.2 Å². The van der Waals surface area contributed by atoms with E-state index in [1.54, 1.807) is 0 Å². The Bertz CT molecular complexity index is 1420. The number of carbonyl (C=O) groups excluding carboxylic acids is 2. The normalized spacial score (nSPS) is 14.2. The SMILES string of the molecule is N#CCCN(N=N)C(=N)[C@H](CCc1ccc(-c2ccccc2)cc1)NC(=O)C1(CC(=O)OCc2ccccc2)CCCC1.[HH]. The molecule has 0 aromatic heterocycles. The molecular weight excluding hydrogens is 540 g/mol. The number of nitriles is 1. The van der Waals surface area contributed by atoms with Crippen molar-refractivity contribution >= 4 is 17.7 Å². The van der Waals surface area contributed by atoms with Crippen molar-refractivity contribution in [1.29, 1.82) is 16.2 Å². The molecule has 43 heavy (non-hydrogen) atoms. The molecule has 0 bridgehead atoms. The highest BCUT2D eigenvalue weighted by Gasteiger charge is 2.44. The summed E-state index contributed by atoms with van der Waals surface area (Å²) in [5, 5.41) is 25.5. The fraction of sp³-hybridized carbons (Fsp3) is 0.353. The predicted octanol–water partition coefficient (Wildman–Crippen LogP) is 6.85. The molecule has 3 aromatic carbocycles. The first-order valence-electron chi connectivity index (χ1n) is 14.7. The summed E-state index contributed by atoms with van der Waals surface area (Å²) in [6.07, 6.45) is 3.78. The molecule has 3 aromatic rings. The van der Waals surface area contributed by atoms with Crippen LogP contribution >= 0.6 is 0 Å². The number of hydrogen-bond donors (Lipinski definition) is 3. The Balaban J connectivity index is 0.00000529. The van der Waals surface area contributed by atoms with Crippen LogP contribution in [-0.2, 0) is 27.4 Å². The van der Waals surface area contributed by atoms with Crippen molar-refractivity contribution in [3.8, 4) is 17.2 Å². The van der Waals surface area contributed by atoms with Crippen molar-refractivity contribution < 1.29 is 15.8 Å². The van der Waals surface area contributed by atoms with Gasteiger partial charge in [0.25, 0.3) is 0 Å². The molecule has 0 radical (unpaired) electrons. The van der Waals surface area contributed by atoms with Crippen molar-refractivity contribution in [1.82, 2.24) is 10.3 Å². The van der Waals surface area contributed by atoms with E-state index in [1.165, 1.54) is 0 Å². The van der Waals surface area contributed by atoms with Gasteiger partial charge in [0, 0.05) is 1.43 Å². The van der Waals surface area contributed by atoms with Gasteiger partial charge in [-0.05, 0) is 47.9 Å². The molecule has 0 aliphatic heterocycles. The number of nitrogens with one attached hydrogen (secondary N) is 3. The molecular formula is C34H40N6O3. The molecule has 0 spiro atoms. The fourth-order valence-corrected chi connectivity index (χ4v) is 5.56. The number of nitrogens with zero attached hydrogens (tertiary/aromatic N) is 3. The van der Waals surface area contributed by atoms with Crippen LogP contribution in [0.4, 0.5) is 0 Å². The number of rotatable bonds is 14. The summed E-state index contributed by atoms with van der Waals surface area (Å²) in [5.74, 6) is -0.775. The van der Waals surface area contributed by atoms with Gasteiger partial charge in [0.05, 0.1) is 36.9 Å². The van der Waals surface area contributed by atoms with Crippen molar-refractivity contribution in [2.45, 2.75) is 64.0 Å². The van der Waals surface area contributed by atoms with Gasteiger partial charge in [0.1, 0.15) is 12.4 Å². The second-order valence-electron chi connectivity index (χ2n) is 11.0. The number of carbonyl (C=O) groups is 2. The Kier molecular flexibility index (Phi) is 11.1.